The summed E-state index contributed by atoms with van der Waals surface area (Å²) in [6, 6.07) is 11.2. The van der Waals surface area contributed by atoms with Gasteiger partial charge in [-0.3, -0.25) is 9.00 Å². The Morgan fingerprint density at radius 2 is 1.81 bits per heavy atom. The Balaban J connectivity index is 1.77. The summed E-state index contributed by atoms with van der Waals surface area (Å²) in [7, 11) is -4.07. The predicted octanol–water partition coefficient (Wildman–Crippen LogP) is 0.890. The lowest BCUT2D eigenvalue weighted by molar-refractivity contribution is -0.142. The summed E-state index contributed by atoms with van der Waals surface area (Å²) in [5.41, 5.74) is 0.724. The third-order valence-corrected chi connectivity index (χ3v) is 7.61. The molecule has 0 aliphatic carbocycles. The zero-order chi connectivity index (χ0) is 22.6. The van der Waals surface area contributed by atoms with Crippen LogP contribution < -0.4 is 5.32 Å². The first-order valence-corrected chi connectivity index (χ1v) is 12.0. The molecule has 3 atom stereocenters. The van der Waals surface area contributed by atoms with E-state index in [1.165, 1.54) is 24.3 Å². The third-order valence-electron chi connectivity index (χ3n) is 5.03. The van der Waals surface area contributed by atoms with E-state index in [0.29, 0.717) is 6.42 Å². The van der Waals surface area contributed by atoms with E-state index in [9.17, 15) is 31.9 Å². The van der Waals surface area contributed by atoms with Crippen molar-refractivity contribution in [3.8, 4) is 0 Å². The van der Waals surface area contributed by atoms with Gasteiger partial charge >= 0.3 is 5.97 Å². The van der Waals surface area contributed by atoms with E-state index in [1.807, 2.05) is 0 Å². The molecule has 0 saturated carbocycles. The number of sulfonamides is 1. The van der Waals surface area contributed by atoms with Crippen LogP contribution in [0, 0.1) is 0 Å². The summed E-state index contributed by atoms with van der Waals surface area (Å²) >= 11 is -2.49. The van der Waals surface area contributed by atoms with Crippen molar-refractivity contribution in [1.29, 1.82) is 0 Å². The Hall–Kier alpha value is -2.60. The van der Waals surface area contributed by atoms with Gasteiger partial charge in [0.25, 0.3) is 0 Å². The lowest BCUT2D eigenvalue weighted by Crippen LogP contribution is -2.51. The molecule has 3 rings (SSSR count). The third kappa shape index (κ3) is 5.37. The maximum absolute atomic E-state index is 13.0. The van der Waals surface area contributed by atoms with Crippen molar-refractivity contribution >= 4 is 33.0 Å². The fraction of sp³-hybridized carbons (Fsp3) is 0.300. The molecule has 31 heavy (non-hydrogen) atoms. The zero-order valence-electron chi connectivity index (χ0n) is 16.3. The summed E-state index contributed by atoms with van der Waals surface area (Å²) in [6.07, 6.45) is 0.761. The molecule has 1 aliphatic heterocycles. The second kappa shape index (κ2) is 9.69. The quantitative estimate of drug-likeness (QED) is 0.551. The van der Waals surface area contributed by atoms with Crippen molar-refractivity contribution in [2.75, 3.05) is 6.54 Å². The van der Waals surface area contributed by atoms with Crippen LogP contribution in [0.1, 0.15) is 18.4 Å². The van der Waals surface area contributed by atoms with Crippen molar-refractivity contribution < 1.29 is 31.9 Å². The van der Waals surface area contributed by atoms with Crippen molar-refractivity contribution in [3.63, 3.8) is 0 Å². The molecule has 1 saturated heterocycles. The van der Waals surface area contributed by atoms with Gasteiger partial charge in [-0.05, 0) is 53.8 Å². The molecule has 1 aliphatic rings. The van der Waals surface area contributed by atoms with Crippen LogP contribution in [-0.2, 0) is 37.1 Å². The zero-order valence-corrected chi connectivity index (χ0v) is 18.0. The summed E-state index contributed by atoms with van der Waals surface area (Å²) in [5.74, 6) is -1.90. The van der Waals surface area contributed by atoms with Gasteiger partial charge in [-0.25, -0.2) is 13.2 Å². The fourth-order valence-electron chi connectivity index (χ4n) is 3.47. The minimum atomic E-state index is -4.07. The Kier molecular flexibility index (Phi) is 7.21. The average molecular weight is 466 g/mol. The molecule has 2 N–H and O–H groups in total. The SMILES string of the molecule is O=C(O)[C@H](Cc1ccccc1)NC(=O)[C@H]1CCCN1S(=O)(=O)c1ccc(S(=O)[O-])cc1. The summed E-state index contributed by atoms with van der Waals surface area (Å²) in [4.78, 5) is 24.3. The van der Waals surface area contributed by atoms with Crippen molar-refractivity contribution in [3.05, 3.63) is 60.2 Å². The number of carbonyl (C=O) groups excluding carboxylic acids is 1. The average Bonchev–Trinajstić information content (AvgIpc) is 3.25. The molecular formula is C20H21N2O7S2-. The normalized spacial score (nSPS) is 18.9. The lowest BCUT2D eigenvalue weighted by atomic mass is 10.1. The lowest BCUT2D eigenvalue weighted by Gasteiger charge is -2.25. The minimum Gasteiger partial charge on any atom is -0.768 e. The Labute approximate surface area is 182 Å². The number of benzene rings is 2. The van der Waals surface area contributed by atoms with E-state index in [1.54, 1.807) is 30.3 Å². The fourth-order valence-corrected chi connectivity index (χ4v) is 5.48. The molecule has 11 heteroatoms. The number of nitrogens with zero attached hydrogens (tertiary/aromatic N) is 1. The molecule has 166 valence electrons. The van der Waals surface area contributed by atoms with Gasteiger partial charge < -0.3 is 15.0 Å². The number of nitrogens with one attached hydrogen (secondary N) is 1. The Morgan fingerprint density at radius 3 is 2.39 bits per heavy atom. The molecule has 1 heterocycles. The van der Waals surface area contributed by atoms with E-state index in [-0.39, 0.29) is 29.2 Å². The van der Waals surface area contributed by atoms with Crippen LogP contribution >= 0.6 is 0 Å². The summed E-state index contributed by atoms with van der Waals surface area (Å²) < 4.78 is 49.0. The molecular weight excluding hydrogens is 444 g/mol. The van der Waals surface area contributed by atoms with Gasteiger partial charge in [-0.1, -0.05) is 30.3 Å². The topological polar surface area (TPSA) is 144 Å². The highest BCUT2D eigenvalue weighted by molar-refractivity contribution is 7.89. The van der Waals surface area contributed by atoms with Gasteiger partial charge in [0.15, 0.2) is 0 Å². The second-order valence-electron chi connectivity index (χ2n) is 7.07. The van der Waals surface area contributed by atoms with Crippen molar-refractivity contribution in [2.24, 2.45) is 0 Å². The maximum atomic E-state index is 13.0. The molecule has 9 nitrogen and oxygen atoms in total. The van der Waals surface area contributed by atoms with Crippen LogP contribution in [0.5, 0.6) is 0 Å². The molecule has 0 aromatic heterocycles. The number of hydrogen-bond donors (Lipinski definition) is 2. The van der Waals surface area contributed by atoms with E-state index in [4.69, 9.17) is 0 Å². The highest BCUT2D eigenvalue weighted by atomic mass is 32.2. The largest absolute Gasteiger partial charge is 0.768 e. The Bertz CT molecular complexity index is 1070. The van der Waals surface area contributed by atoms with Crippen molar-refractivity contribution in [1.82, 2.24) is 9.62 Å². The highest BCUT2D eigenvalue weighted by Crippen LogP contribution is 2.27. The molecule has 0 bridgehead atoms. The number of carbonyl (C=O) groups is 2. The molecule has 2 aromatic carbocycles. The Morgan fingerprint density at radius 1 is 1.16 bits per heavy atom. The molecule has 0 radical (unpaired) electrons. The van der Waals surface area contributed by atoms with Gasteiger partial charge in [-0.2, -0.15) is 4.31 Å². The monoisotopic (exact) mass is 465 g/mol. The van der Waals surface area contributed by atoms with Gasteiger partial charge in [0.1, 0.15) is 12.1 Å². The number of carboxylic acids is 1. The first kappa shape index (κ1) is 23.1. The van der Waals surface area contributed by atoms with Crippen LogP contribution in [0.25, 0.3) is 0 Å². The van der Waals surface area contributed by atoms with Crippen LogP contribution in [-0.4, -0.2) is 57.1 Å². The van der Waals surface area contributed by atoms with Crippen LogP contribution in [0.3, 0.4) is 0 Å². The number of carboxylic acid groups (broad SMARTS) is 1. The van der Waals surface area contributed by atoms with E-state index < -0.39 is 45.1 Å². The van der Waals surface area contributed by atoms with Gasteiger partial charge in [0.05, 0.1) is 4.90 Å². The van der Waals surface area contributed by atoms with Crippen LogP contribution in [0.15, 0.2) is 64.4 Å². The highest BCUT2D eigenvalue weighted by Gasteiger charge is 2.40. The molecule has 1 unspecified atom stereocenters. The number of amides is 1. The van der Waals surface area contributed by atoms with E-state index in [2.05, 4.69) is 5.32 Å². The summed E-state index contributed by atoms with van der Waals surface area (Å²) in [6.45, 7) is 0.103. The van der Waals surface area contributed by atoms with Crippen molar-refractivity contribution in [2.45, 2.75) is 41.1 Å². The van der Waals surface area contributed by atoms with Gasteiger partial charge in [0.2, 0.25) is 15.9 Å². The van der Waals surface area contributed by atoms with Crippen LogP contribution in [0.4, 0.5) is 0 Å². The number of aliphatic carboxylic acids is 1. The molecule has 0 spiro atoms. The smallest absolute Gasteiger partial charge is 0.326 e. The molecule has 2 aromatic rings. The van der Waals surface area contributed by atoms with Gasteiger partial charge in [-0.15, -0.1) is 0 Å². The van der Waals surface area contributed by atoms with E-state index in [0.717, 1.165) is 9.87 Å². The maximum Gasteiger partial charge on any atom is 0.326 e. The molecule has 1 fully saturated rings. The second-order valence-corrected chi connectivity index (χ2v) is 9.90. The first-order chi connectivity index (χ1) is 14.7. The standard InChI is InChI=1S/C20H22N2O7S2/c23-19(21-17(20(24)25)13-14-5-2-1-3-6-14)18-7-4-12-22(18)31(28,29)16-10-8-15(9-11-16)30(26)27/h1-3,5-6,8-11,17-18H,4,7,12-13H2,(H,21,23)(H,24,25)(H,26,27)/p-1/t17-,18+/m0/s1. The van der Waals surface area contributed by atoms with Crippen LogP contribution in [0.2, 0.25) is 0 Å². The first-order valence-electron chi connectivity index (χ1n) is 9.48. The number of hydrogen-bond acceptors (Lipinski definition) is 6. The number of rotatable bonds is 8. The molecule has 1 amide bonds. The van der Waals surface area contributed by atoms with Gasteiger partial charge in [0, 0.05) is 17.9 Å². The minimum absolute atomic E-state index is 0.0557. The predicted molar refractivity (Wildman–Crippen MR) is 110 cm³/mol. The summed E-state index contributed by atoms with van der Waals surface area (Å²) in [5, 5.41) is 12.0. The van der Waals surface area contributed by atoms with E-state index >= 15 is 0 Å².